The average Bonchev–Trinajstić information content (AvgIpc) is 3.45. The van der Waals surface area contributed by atoms with Crippen molar-refractivity contribution in [2.45, 2.75) is 37.8 Å². The number of amides is 3. The van der Waals surface area contributed by atoms with Crippen LogP contribution in [0.5, 0.6) is 11.5 Å². The first-order chi connectivity index (χ1) is 14.6. The molecular weight excluding hydrogens is 382 g/mol. The molecular formula is C23H27N3O4. The lowest BCUT2D eigenvalue weighted by Crippen LogP contribution is -2.41. The van der Waals surface area contributed by atoms with E-state index in [0.29, 0.717) is 41.9 Å². The van der Waals surface area contributed by atoms with Crippen LogP contribution >= 0.6 is 0 Å². The van der Waals surface area contributed by atoms with Gasteiger partial charge in [-0.1, -0.05) is 6.07 Å². The van der Waals surface area contributed by atoms with Gasteiger partial charge in [0, 0.05) is 29.9 Å². The van der Waals surface area contributed by atoms with Crippen LogP contribution in [0.25, 0.3) is 0 Å². The molecule has 0 bridgehead atoms. The van der Waals surface area contributed by atoms with Gasteiger partial charge in [-0.2, -0.15) is 0 Å². The van der Waals surface area contributed by atoms with Crippen LogP contribution in [0.2, 0.25) is 0 Å². The third-order valence-corrected chi connectivity index (χ3v) is 5.43. The Hall–Kier alpha value is -3.22. The minimum Gasteiger partial charge on any atom is -0.497 e. The molecule has 1 aliphatic carbocycles. The number of carbonyl (C=O) groups excluding carboxylic acids is 2. The fourth-order valence-electron chi connectivity index (χ4n) is 3.56. The highest BCUT2D eigenvalue weighted by Gasteiger charge is 2.29. The van der Waals surface area contributed by atoms with E-state index in [1.807, 2.05) is 23.1 Å². The number of rotatable bonds is 7. The van der Waals surface area contributed by atoms with Gasteiger partial charge in [0.1, 0.15) is 18.1 Å². The van der Waals surface area contributed by atoms with Crippen LogP contribution in [-0.2, 0) is 0 Å². The Kier molecular flexibility index (Phi) is 6.07. The van der Waals surface area contributed by atoms with Crippen molar-refractivity contribution in [3.63, 3.8) is 0 Å². The first kappa shape index (κ1) is 20.1. The summed E-state index contributed by atoms with van der Waals surface area (Å²) in [6.07, 6.45) is 3.97. The van der Waals surface area contributed by atoms with Gasteiger partial charge >= 0.3 is 6.03 Å². The lowest BCUT2D eigenvalue weighted by atomic mass is 10.2. The van der Waals surface area contributed by atoms with E-state index < -0.39 is 0 Å². The minimum atomic E-state index is -0.138. The van der Waals surface area contributed by atoms with Crippen LogP contribution < -0.4 is 20.1 Å². The summed E-state index contributed by atoms with van der Waals surface area (Å²) in [4.78, 5) is 26.6. The number of benzene rings is 2. The van der Waals surface area contributed by atoms with E-state index in [1.54, 1.807) is 37.4 Å². The molecule has 7 heteroatoms. The zero-order valence-corrected chi connectivity index (χ0v) is 17.1. The van der Waals surface area contributed by atoms with E-state index in [4.69, 9.17) is 9.47 Å². The van der Waals surface area contributed by atoms with E-state index >= 15 is 0 Å². The standard InChI is InChI=1S/C23H27N3O4/c1-29-21-6-2-4-18(14-21)25-23(28)26-13-3-5-19(26)15-30-20-11-7-16(8-12-20)22(27)24-17-9-10-17/h2,4,6-8,11-12,14,17,19H,3,5,9-10,13,15H2,1H3,(H,24,27)(H,25,28). The van der Waals surface area contributed by atoms with Crippen LogP contribution in [0.4, 0.5) is 10.5 Å². The third-order valence-electron chi connectivity index (χ3n) is 5.43. The minimum absolute atomic E-state index is 0.00782. The molecule has 2 N–H and O–H groups in total. The zero-order valence-electron chi connectivity index (χ0n) is 17.1. The molecule has 158 valence electrons. The van der Waals surface area contributed by atoms with Crippen molar-refractivity contribution in [2.24, 2.45) is 0 Å². The fourth-order valence-corrected chi connectivity index (χ4v) is 3.56. The molecule has 30 heavy (non-hydrogen) atoms. The topological polar surface area (TPSA) is 79.9 Å². The summed E-state index contributed by atoms with van der Waals surface area (Å²) in [6, 6.07) is 14.7. The highest BCUT2D eigenvalue weighted by molar-refractivity contribution is 5.94. The number of hydrogen-bond donors (Lipinski definition) is 2. The lowest BCUT2D eigenvalue weighted by molar-refractivity contribution is 0.0951. The van der Waals surface area contributed by atoms with Gasteiger partial charge in [0.2, 0.25) is 0 Å². The molecule has 3 amide bonds. The molecule has 4 rings (SSSR count). The number of ether oxygens (including phenoxy) is 2. The lowest BCUT2D eigenvalue weighted by Gasteiger charge is -2.25. The van der Waals surface area contributed by atoms with Gasteiger partial charge in [-0.25, -0.2) is 4.79 Å². The van der Waals surface area contributed by atoms with Crippen LogP contribution in [0.1, 0.15) is 36.0 Å². The summed E-state index contributed by atoms with van der Waals surface area (Å²) in [5, 5.41) is 5.91. The van der Waals surface area contributed by atoms with Crippen molar-refractivity contribution >= 4 is 17.6 Å². The Bertz CT molecular complexity index is 896. The first-order valence-corrected chi connectivity index (χ1v) is 10.4. The van der Waals surface area contributed by atoms with Crippen molar-refractivity contribution in [3.05, 3.63) is 54.1 Å². The summed E-state index contributed by atoms with van der Waals surface area (Å²) < 4.78 is 11.1. The van der Waals surface area contributed by atoms with E-state index in [9.17, 15) is 9.59 Å². The molecule has 1 aliphatic heterocycles. The SMILES string of the molecule is COc1cccc(NC(=O)N2CCCC2COc2ccc(C(=O)NC3CC3)cc2)c1. The third kappa shape index (κ3) is 5.03. The molecule has 2 aromatic rings. The molecule has 2 aromatic carbocycles. The number of nitrogens with one attached hydrogen (secondary N) is 2. The number of urea groups is 1. The maximum Gasteiger partial charge on any atom is 0.322 e. The van der Waals surface area contributed by atoms with Crippen molar-refractivity contribution in [1.29, 1.82) is 0 Å². The normalized spacial score (nSPS) is 18.0. The van der Waals surface area contributed by atoms with Crippen LogP contribution in [0.15, 0.2) is 48.5 Å². The molecule has 1 unspecified atom stereocenters. The summed E-state index contributed by atoms with van der Waals surface area (Å²) in [5.41, 5.74) is 1.33. The summed E-state index contributed by atoms with van der Waals surface area (Å²) in [6.45, 7) is 1.11. The predicted molar refractivity (Wildman–Crippen MR) is 114 cm³/mol. The number of hydrogen-bond acceptors (Lipinski definition) is 4. The molecule has 0 aromatic heterocycles. The highest BCUT2D eigenvalue weighted by atomic mass is 16.5. The Morgan fingerprint density at radius 1 is 1.07 bits per heavy atom. The van der Waals surface area contributed by atoms with Gasteiger partial charge < -0.3 is 25.0 Å². The second kappa shape index (κ2) is 9.07. The van der Waals surface area contributed by atoms with Gasteiger partial charge in [0.05, 0.1) is 13.2 Å². The number of anilines is 1. The smallest absolute Gasteiger partial charge is 0.322 e. The molecule has 0 spiro atoms. The van der Waals surface area contributed by atoms with Gasteiger partial charge in [-0.15, -0.1) is 0 Å². The van der Waals surface area contributed by atoms with E-state index in [2.05, 4.69) is 10.6 Å². The predicted octanol–water partition coefficient (Wildman–Crippen LogP) is 3.66. The van der Waals surface area contributed by atoms with Gasteiger partial charge in [0.25, 0.3) is 5.91 Å². The Morgan fingerprint density at radius 3 is 2.60 bits per heavy atom. The Labute approximate surface area is 176 Å². The quantitative estimate of drug-likeness (QED) is 0.731. The molecule has 0 radical (unpaired) electrons. The highest BCUT2D eigenvalue weighted by Crippen LogP contribution is 2.23. The number of methoxy groups -OCH3 is 1. The second-order valence-corrected chi connectivity index (χ2v) is 7.73. The molecule has 1 saturated carbocycles. The number of likely N-dealkylation sites (tertiary alicyclic amines) is 1. The van der Waals surface area contributed by atoms with Crippen molar-refractivity contribution in [3.8, 4) is 11.5 Å². The monoisotopic (exact) mass is 409 g/mol. The van der Waals surface area contributed by atoms with Crippen molar-refractivity contribution in [1.82, 2.24) is 10.2 Å². The fraction of sp³-hybridized carbons (Fsp3) is 0.391. The summed E-state index contributed by atoms with van der Waals surface area (Å²) in [5.74, 6) is 1.35. The van der Waals surface area contributed by atoms with Gasteiger partial charge in [0.15, 0.2) is 0 Å². The van der Waals surface area contributed by atoms with Crippen molar-refractivity contribution in [2.75, 3.05) is 25.6 Å². The van der Waals surface area contributed by atoms with Crippen LogP contribution in [-0.4, -0.2) is 49.2 Å². The molecule has 7 nitrogen and oxygen atoms in total. The van der Waals surface area contributed by atoms with Gasteiger partial charge in [-0.3, -0.25) is 4.79 Å². The largest absolute Gasteiger partial charge is 0.497 e. The summed E-state index contributed by atoms with van der Waals surface area (Å²) in [7, 11) is 1.60. The van der Waals surface area contributed by atoms with Crippen LogP contribution in [0.3, 0.4) is 0 Å². The first-order valence-electron chi connectivity index (χ1n) is 10.4. The number of nitrogens with zero attached hydrogens (tertiary/aromatic N) is 1. The molecule has 1 heterocycles. The Balaban J connectivity index is 1.30. The van der Waals surface area contributed by atoms with E-state index in [-0.39, 0.29) is 18.0 Å². The molecule has 2 aliphatic rings. The molecule has 1 atom stereocenters. The second-order valence-electron chi connectivity index (χ2n) is 7.73. The average molecular weight is 409 g/mol. The zero-order chi connectivity index (χ0) is 20.9. The summed E-state index contributed by atoms with van der Waals surface area (Å²) >= 11 is 0. The van der Waals surface area contributed by atoms with E-state index in [1.165, 1.54) is 0 Å². The van der Waals surface area contributed by atoms with E-state index in [0.717, 1.165) is 25.7 Å². The Morgan fingerprint density at radius 2 is 1.87 bits per heavy atom. The molecule has 1 saturated heterocycles. The van der Waals surface area contributed by atoms with Gasteiger partial charge in [-0.05, 0) is 62.1 Å². The molecule has 2 fully saturated rings. The number of carbonyl (C=O) groups is 2. The van der Waals surface area contributed by atoms with Crippen molar-refractivity contribution < 1.29 is 19.1 Å². The van der Waals surface area contributed by atoms with Crippen LogP contribution in [0, 0.1) is 0 Å². The maximum atomic E-state index is 12.7. The maximum absolute atomic E-state index is 12.7.